The standard InChI is InChI=1S/C17H13BrO/c1-2-13(14-6-4-3-5-7-14)12-17(19)15-8-10-16(18)11-9-15/h1,3-11,13H,12H2/t13-/m0/s1. The van der Waals surface area contributed by atoms with Crippen LogP contribution in [0.3, 0.4) is 0 Å². The highest BCUT2D eigenvalue weighted by molar-refractivity contribution is 9.10. The molecule has 0 radical (unpaired) electrons. The highest BCUT2D eigenvalue weighted by Gasteiger charge is 2.14. The van der Waals surface area contributed by atoms with Gasteiger partial charge in [-0.2, -0.15) is 0 Å². The Morgan fingerprint density at radius 1 is 1.11 bits per heavy atom. The number of rotatable bonds is 4. The van der Waals surface area contributed by atoms with Crippen molar-refractivity contribution in [3.8, 4) is 12.3 Å². The lowest BCUT2D eigenvalue weighted by Gasteiger charge is -2.10. The van der Waals surface area contributed by atoms with Crippen molar-refractivity contribution >= 4 is 21.7 Å². The van der Waals surface area contributed by atoms with Crippen LogP contribution in [0.15, 0.2) is 59.1 Å². The average Bonchev–Trinajstić information content (AvgIpc) is 2.46. The Kier molecular flexibility index (Phi) is 4.54. The van der Waals surface area contributed by atoms with Crippen molar-refractivity contribution in [2.24, 2.45) is 0 Å². The van der Waals surface area contributed by atoms with Gasteiger partial charge in [-0.3, -0.25) is 4.79 Å². The summed E-state index contributed by atoms with van der Waals surface area (Å²) in [5, 5.41) is 0. The molecule has 0 aromatic heterocycles. The molecule has 0 saturated heterocycles. The van der Waals surface area contributed by atoms with Gasteiger partial charge in [0.25, 0.3) is 0 Å². The normalized spacial score (nSPS) is 11.6. The van der Waals surface area contributed by atoms with E-state index >= 15 is 0 Å². The van der Waals surface area contributed by atoms with Crippen molar-refractivity contribution in [2.45, 2.75) is 12.3 Å². The van der Waals surface area contributed by atoms with Crippen LogP contribution in [0.25, 0.3) is 0 Å². The van der Waals surface area contributed by atoms with Gasteiger partial charge in [-0.15, -0.1) is 6.42 Å². The summed E-state index contributed by atoms with van der Waals surface area (Å²) in [7, 11) is 0. The van der Waals surface area contributed by atoms with Crippen molar-refractivity contribution < 1.29 is 4.79 Å². The van der Waals surface area contributed by atoms with E-state index in [0.717, 1.165) is 10.0 Å². The van der Waals surface area contributed by atoms with E-state index in [0.29, 0.717) is 12.0 Å². The number of carbonyl (C=O) groups is 1. The first-order valence-corrected chi connectivity index (χ1v) is 6.80. The first-order valence-electron chi connectivity index (χ1n) is 6.00. The molecule has 0 N–H and O–H groups in total. The molecule has 0 bridgehead atoms. The third-order valence-electron chi connectivity index (χ3n) is 2.96. The zero-order valence-electron chi connectivity index (χ0n) is 10.3. The van der Waals surface area contributed by atoms with Crippen LogP contribution < -0.4 is 0 Å². The summed E-state index contributed by atoms with van der Waals surface area (Å²) >= 11 is 3.35. The van der Waals surface area contributed by atoms with Gasteiger partial charge >= 0.3 is 0 Å². The predicted octanol–water partition coefficient (Wildman–Crippen LogP) is 4.44. The first kappa shape index (κ1) is 13.6. The molecular formula is C17H13BrO. The van der Waals surface area contributed by atoms with Gasteiger partial charge in [0.05, 0.1) is 5.92 Å². The topological polar surface area (TPSA) is 17.1 Å². The lowest BCUT2D eigenvalue weighted by Crippen LogP contribution is -2.06. The Morgan fingerprint density at radius 2 is 1.74 bits per heavy atom. The van der Waals surface area contributed by atoms with Gasteiger partial charge in [0.2, 0.25) is 0 Å². The lowest BCUT2D eigenvalue weighted by molar-refractivity contribution is 0.0979. The Balaban J connectivity index is 2.13. The van der Waals surface area contributed by atoms with E-state index in [4.69, 9.17) is 6.42 Å². The van der Waals surface area contributed by atoms with Gasteiger partial charge in [0, 0.05) is 16.5 Å². The SMILES string of the molecule is C#C[C@@H](CC(=O)c1ccc(Br)cc1)c1ccccc1. The molecular weight excluding hydrogens is 300 g/mol. The maximum Gasteiger partial charge on any atom is 0.164 e. The lowest BCUT2D eigenvalue weighted by atomic mass is 9.92. The summed E-state index contributed by atoms with van der Waals surface area (Å²) in [5.41, 5.74) is 1.70. The zero-order chi connectivity index (χ0) is 13.7. The molecule has 1 atom stereocenters. The van der Waals surface area contributed by atoms with Gasteiger partial charge in [0.15, 0.2) is 5.78 Å². The summed E-state index contributed by atoms with van der Waals surface area (Å²) in [6.45, 7) is 0. The number of ketones is 1. The molecule has 0 aliphatic heterocycles. The number of Topliss-reactive ketones (excluding diaryl/α,β-unsaturated/α-hetero) is 1. The van der Waals surface area contributed by atoms with Crippen LogP contribution in [-0.2, 0) is 0 Å². The van der Waals surface area contributed by atoms with Crippen LogP contribution in [0, 0.1) is 12.3 Å². The minimum absolute atomic E-state index is 0.0688. The summed E-state index contributed by atoms with van der Waals surface area (Å²) < 4.78 is 0.959. The average molecular weight is 313 g/mol. The monoisotopic (exact) mass is 312 g/mol. The number of halogens is 1. The van der Waals surface area contributed by atoms with Gasteiger partial charge in [0.1, 0.15) is 0 Å². The Labute approximate surface area is 121 Å². The number of hydrogen-bond donors (Lipinski definition) is 0. The molecule has 0 aliphatic carbocycles. The number of benzene rings is 2. The molecule has 2 aromatic carbocycles. The highest BCUT2D eigenvalue weighted by atomic mass is 79.9. The molecule has 0 amide bonds. The van der Waals surface area contributed by atoms with Crippen molar-refractivity contribution in [2.75, 3.05) is 0 Å². The molecule has 0 aliphatic rings. The second-order valence-electron chi connectivity index (χ2n) is 4.26. The molecule has 0 unspecified atom stereocenters. The van der Waals surface area contributed by atoms with Crippen LogP contribution in [0.2, 0.25) is 0 Å². The van der Waals surface area contributed by atoms with Crippen LogP contribution in [0.1, 0.15) is 28.3 Å². The van der Waals surface area contributed by atoms with Crippen LogP contribution >= 0.6 is 15.9 Å². The van der Waals surface area contributed by atoms with E-state index in [1.165, 1.54) is 0 Å². The summed E-state index contributed by atoms with van der Waals surface area (Å²) in [5.74, 6) is 2.60. The molecule has 2 aromatic rings. The van der Waals surface area contributed by atoms with Crippen LogP contribution in [0.4, 0.5) is 0 Å². The first-order chi connectivity index (χ1) is 9.20. The van der Waals surface area contributed by atoms with Crippen molar-refractivity contribution in [3.63, 3.8) is 0 Å². The van der Waals surface area contributed by atoms with E-state index in [-0.39, 0.29) is 11.7 Å². The Morgan fingerprint density at radius 3 is 2.32 bits per heavy atom. The second kappa shape index (κ2) is 6.36. The molecule has 1 nitrogen and oxygen atoms in total. The molecule has 0 heterocycles. The minimum Gasteiger partial charge on any atom is -0.294 e. The maximum atomic E-state index is 12.2. The Hall–Kier alpha value is -1.85. The smallest absolute Gasteiger partial charge is 0.164 e. The third kappa shape index (κ3) is 3.56. The predicted molar refractivity (Wildman–Crippen MR) is 81.1 cm³/mol. The van der Waals surface area contributed by atoms with E-state index in [1.54, 1.807) is 0 Å². The quantitative estimate of drug-likeness (QED) is 0.602. The van der Waals surface area contributed by atoms with Crippen molar-refractivity contribution in [1.29, 1.82) is 0 Å². The molecule has 0 saturated carbocycles. The van der Waals surface area contributed by atoms with Crippen molar-refractivity contribution in [3.05, 3.63) is 70.2 Å². The fraction of sp³-hybridized carbons (Fsp3) is 0.118. The number of terminal acetylenes is 1. The third-order valence-corrected chi connectivity index (χ3v) is 3.49. The number of carbonyl (C=O) groups excluding carboxylic acids is 1. The molecule has 2 rings (SSSR count). The van der Waals surface area contributed by atoms with Gasteiger partial charge < -0.3 is 0 Å². The maximum absolute atomic E-state index is 12.2. The van der Waals surface area contributed by atoms with Gasteiger partial charge in [-0.25, -0.2) is 0 Å². The zero-order valence-corrected chi connectivity index (χ0v) is 11.9. The highest BCUT2D eigenvalue weighted by Crippen LogP contribution is 2.21. The van der Waals surface area contributed by atoms with Crippen molar-refractivity contribution in [1.82, 2.24) is 0 Å². The summed E-state index contributed by atoms with van der Waals surface area (Å²) in [6, 6.07) is 17.1. The molecule has 19 heavy (non-hydrogen) atoms. The fourth-order valence-electron chi connectivity index (χ4n) is 1.90. The molecule has 0 spiro atoms. The van der Waals surface area contributed by atoms with Crippen LogP contribution in [0.5, 0.6) is 0 Å². The van der Waals surface area contributed by atoms with Crippen LogP contribution in [-0.4, -0.2) is 5.78 Å². The van der Waals surface area contributed by atoms with Gasteiger partial charge in [-0.05, 0) is 17.7 Å². The Bertz CT molecular complexity index is 593. The fourth-order valence-corrected chi connectivity index (χ4v) is 2.16. The molecule has 94 valence electrons. The largest absolute Gasteiger partial charge is 0.294 e. The van der Waals surface area contributed by atoms with E-state index < -0.39 is 0 Å². The van der Waals surface area contributed by atoms with E-state index in [1.807, 2.05) is 54.6 Å². The van der Waals surface area contributed by atoms with Gasteiger partial charge in [-0.1, -0.05) is 64.3 Å². The number of hydrogen-bond acceptors (Lipinski definition) is 1. The van der Waals surface area contributed by atoms with E-state index in [9.17, 15) is 4.79 Å². The molecule has 2 heteroatoms. The molecule has 0 fully saturated rings. The second-order valence-corrected chi connectivity index (χ2v) is 5.18. The summed E-state index contributed by atoms with van der Waals surface area (Å²) in [4.78, 5) is 12.2. The van der Waals surface area contributed by atoms with E-state index in [2.05, 4.69) is 21.9 Å². The minimum atomic E-state index is -0.169. The summed E-state index contributed by atoms with van der Waals surface area (Å²) in [6.07, 6.45) is 5.88.